The van der Waals surface area contributed by atoms with Crippen molar-refractivity contribution in [1.29, 1.82) is 0 Å². The van der Waals surface area contributed by atoms with E-state index in [1.165, 1.54) is 4.90 Å². The summed E-state index contributed by atoms with van der Waals surface area (Å²) in [5.74, 6) is -3.70. The second-order valence-electron chi connectivity index (χ2n) is 13.9. The molecule has 3 aromatic rings. The van der Waals surface area contributed by atoms with E-state index in [4.69, 9.17) is 9.47 Å². The van der Waals surface area contributed by atoms with Gasteiger partial charge in [-0.05, 0) is 55.4 Å². The summed E-state index contributed by atoms with van der Waals surface area (Å²) in [6, 6.07) is 22.0. The van der Waals surface area contributed by atoms with Crippen molar-refractivity contribution >= 4 is 29.4 Å². The van der Waals surface area contributed by atoms with Gasteiger partial charge in [-0.1, -0.05) is 91.0 Å². The van der Waals surface area contributed by atoms with E-state index >= 15 is 4.79 Å². The number of aliphatic hydroxyl groups is 1. The Morgan fingerprint density at radius 2 is 1.65 bits per heavy atom. The summed E-state index contributed by atoms with van der Waals surface area (Å²) < 4.78 is 12.9. The van der Waals surface area contributed by atoms with Gasteiger partial charge in [-0.3, -0.25) is 19.2 Å². The number of aliphatic hydroxyl groups excluding tert-OH is 1. The number of anilines is 1. The van der Waals surface area contributed by atoms with Crippen LogP contribution in [0.2, 0.25) is 0 Å². The normalized spacial score (nSPS) is 24.1. The first-order valence-corrected chi connectivity index (χ1v) is 17.9. The van der Waals surface area contributed by atoms with Crippen LogP contribution in [0.15, 0.2) is 104 Å². The van der Waals surface area contributed by atoms with Crippen LogP contribution in [0.3, 0.4) is 0 Å². The van der Waals surface area contributed by atoms with Gasteiger partial charge >= 0.3 is 5.97 Å². The molecule has 3 aliphatic heterocycles. The van der Waals surface area contributed by atoms with Crippen molar-refractivity contribution in [3.8, 4) is 0 Å². The molecule has 0 radical (unpaired) electrons. The van der Waals surface area contributed by atoms with E-state index in [0.717, 1.165) is 11.1 Å². The number of nitrogens with one attached hydrogen (secondary N) is 1. The fraction of sp³-hybridized carbons (Fsp3) is 0.381. The predicted molar refractivity (Wildman–Crippen MR) is 197 cm³/mol. The summed E-state index contributed by atoms with van der Waals surface area (Å²) in [5.41, 5.74) is 2.46. The van der Waals surface area contributed by atoms with Crippen LogP contribution < -0.4 is 10.2 Å². The average Bonchev–Trinajstić information content (AvgIpc) is 3.80. The Morgan fingerprint density at radius 1 is 1.00 bits per heavy atom. The van der Waals surface area contributed by atoms with Crippen LogP contribution in [0.5, 0.6) is 0 Å². The number of carbonyl (C=O) groups is 4. The first kappa shape index (κ1) is 36.7. The van der Waals surface area contributed by atoms with Crippen molar-refractivity contribution in [3.63, 3.8) is 0 Å². The SMILES string of the molecule is C=CCCC(=O)NC[C@H](OC(=O)[C@@H]1[C@H]2C(=O)N([C@H](CO)c3ccccc3)[C@H](C(=O)N(CC=C)c3c(C)cccc3C)[C@]23CC[C@H]1O3)c1ccccc1. The van der Waals surface area contributed by atoms with Gasteiger partial charge in [-0.2, -0.15) is 0 Å². The van der Waals surface area contributed by atoms with Crippen LogP contribution >= 0.6 is 0 Å². The maximum Gasteiger partial charge on any atom is 0.313 e. The Labute approximate surface area is 305 Å². The molecule has 0 aliphatic carbocycles. The zero-order valence-corrected chi connectivity index (χ0v) is 29.8. The van der Waals surface area contributed by atoms with E-state index in [2.05, 4.69) is 18.5 Å². The largest absolute Gasteiger partial charge is 0.455 e. The number of ether oxygens (including phenoxy) is 2. The van der Waals surface area contributed by atoms with Gasteiger partial charge in [-0.25, -0.2) is 0 Å². The molecule has 0 saturated carbocycles. The molecule has 52 heavy (non-hydrogen) atoms. The number of hydrogen-bond donors (Lipinski definition) is 2. The summed E-state index contributed by atoms with van der Waals surface area (Å²) >= 11 is 0. The van der Waals surface area contributed by atoms with Gasteiger partial charge in [0.2, 0.25) is 11.8 Å². The summed E-state index contributed by atoms with van der Waals surface area (Å²) in [4.78, 5) is 60.2. The second kappa shape index (κ2) is 15.7. The molecule has 3 fully saturated rings. The number of nitrogens with zero attached hydrogens (tertiary/aromatic N) is 2. The molecule has 0 unspecified atom stereocenters. The molecule has 272 valence electrons. The maximum atomic E-state index is 15.2. The van der Waals surface area contributed by atoms with E-state index in [1.54, 1.807) is 17.1 Å². The number of aryl methyl sites for hydroxylation is 2. The van der Waals surface area contributed by atoms with Crippen LogP contribution in [0.1, 0.15) is 60.1 Å². The van der Waals surface area contributed by atoms with Crippen molar-refractivity contribution in [3.05, 3.63) is 126 Å². The molecule has 2 N–H and O–H groups in total. The number of hydrogen-bond acceptors (Lipinski definition) is 7. The van der Waals surface area contributed by atoms with E-state index in [-0.39, 0.29) is 31.3 Å². The van der Waals surface area contributed by atoms with Gasteiger partial charge < -0.3 is 29.7 Å². The minimum atomic E-state index is -1.35. The highest BCUT2D eigenvalue weighted by molar-refractivity contribution is 6.05. The molecule has 3 aromatic carbocycles. The number of carbonyl (C=O) groups excluding carboxylic acids is 4. The number of amides is 3. The Balaban J connectivity index is 1.39. The van der Waals surface area contributed by atoms with Gasteiger partial charge in [0.25, 0.3) is 5.91 Å². The Hall–Kier alpha value is -5.06. The van der Waals surface area contributed by atoms with Crippen LogP contribution in [0.4, 0.5) is 5.69 Å². The van der Waals surface area contributed by atoms with Gasteiger partial charge in [0.05, 0.1) is 37.1 Å². The van der Waals surface area contributed by atoms with Gasteiger partial charge in [0.1, 0.15) is 17.7 Å². The Bertz CT molecular complexity index is 1790. The van der Waals surface area contributed by atoms with E-state index in [0.29, 0.717) is 36.1 Å². The van der Waals surface area contributed by atoms with E-state index in [1.807, 2.05) is 92.7 Å². The molecule has 0 aromatic heterocycles. The molecule has 3 saturated heterocycles. The van der Waals surface area contributed by atoms with Crippen LogP contribution in [-0.4, -0.2) is 71.1 Å². The number of likely N-dealkylation sites (tertiary alicyclic amines) is 1. The summed E-state index contributed by atoms with van der Waals surface area (Å²) in [6.07, 6.45) is 3.39. The third kappa shape index (κ3) is 6.68. The molecule has 3 heterocycles. The summed E-state index contributed by atoms with van der Waals surface area (Å²) in [7, 11) is 0. The lowest BCUT2D eigenvalue weighted by Crippen LogP contribution is -2.57. The lowest BCUT2D eigenvalue weighted by Gasteiger charge is -2.40. The molecule has 7 atom stereocenters. The Morgan fingerprint density at radius 3 is 2.27 bits per heavy atom. The molecule has 10 heteroatoms. The zero-order valence-electron chi connectivity index (χ0n) is 29.8. The third-order valence-corrected chi connectivity index (χ3v) is 10.7. The monoisotopic (exact) mass is 705 g/mol. The first-order valence-electron chi connectivity index (χ1n) is 17.9. The average molecular weight is 706 g/mol. The molecule has 10 nitrogen and oxygen atoms in total. The number of allylic oxidation sites excluding steroid dienone is 1. The molecule has 2 bridgehead atoms. The number of benzene rings is 3. The fourth-order valence-corrected chi connectivity index (χ4v) is 8.45. The molecule has 3 aliphatic rings. The zero-order chi connectivity index (χ0) is 37.0. The van der Waals surface area contributed by atoms with Crippen LogP contribution in [0.25, 0.3) is 0 Å². The quantitative estimate of drug-likeness (QED) is 0.163. The number of fused-ring (bicyclic) bond motifs is 1. The molecule has 3 amide bonds. The minimum absolute atomic E-state index is 0.0356. The topological polar surface area (TPSA) is 125 Å². The second-order valence-corrected chi connectivity index (χ2v) is 13.9. The molecule has 1 spiro atoms. The third-order valence-electron chi connectivity index (χ3n) is 10.7. The molecule has 6 rings (SSSR count). The van der Waals surface area contributed by atoms with Crippen molar-refractivity contribution in [1.82, 2.24) is 10.2 Å². The van der Waals surface area contributed by atoms with Gasteiger partial charge in [0, 0.05) is 18.7 Å². The fourth-order valence-electron chi connectivity index (χ4n) is 8.45. The predicted octanol–water partition coefficient (Wildman–Crippen LogP) is 5.30. The maximum absolute atomic E-state index is 15.2. The lowest BCUT2D eigenvalue weighted by atomic mass is 9.70. The summed E-state index contributed by atoms with van der Waals surface area (Å²) in [6.45, 7) is 11.2. The van der Waals surface area contributed by atoms with Crippen molar-refractivity contribution in [2.75, 3.05) is 24.6 Å². The van der Waals surface area contributed by atoms with Gasteiger partial charge in [0.15, 0.2) is 0 Å². The van der Waals surface area contributed by atoms with Crippen LogP contribution in [-0.2, 0) is 28.7 Å². The highest BCUT2D eigenvalue weighted by Gasteiger charge is 2.76. The molecular weight excluding hydrogens is 658 g/mol. The number of esters is 1. The van der Waals surface area contributed by atoms with E-state index < -0.39 is 60.2 Å². The van der Waals surface area contributed by atoms with Crippen molar-refractivity contribution < 1.29 is 33.8 Å². The lowest BCUT2D eigenvalue weighted by molar-refractivity contribution is -0.161. The Kier molecular flexibility index (Phi) is 11.1. The number of rotatable bonds is 15. The van der Waals surface area contributed by atoms with Crippen molar-refractivity contribution in [2.45, 2.75) is 69.4 Å². The highest BCUT2D eigenvalue weighted by Crippen LogP contribution is 2.60. The smallest absolute Gasteiger partial charge is 0.313 e. The summed E-state index contributed by atoms with van der Waals surface area (Å²) in [5, 5.41) is 13.8. The minimum Gasteiger partial charge on any atom is -0.455 e. The first-order chi connectivity index (χ1) is 25.2. The molecular formula is C42H47N3O7. The van der Waals surface area contributed by atoms with Crippen LogP contribution in [0, 0.1) is 25.7 Å². The van der Waals surface area contributed by atoms with E-state index in [9.17, 15) is 19.5 Å². The highest BCUT2D eigenvalue weighted by atomic mass is 16.6. The van der Waals surface area contributed by atoms with Gasteiger partial charge in [-0.15, -0.1) is 13.2 Å². The standard InChI is InChI=1S/C42H47N3O7/c1-5-7-21-34(47)43-25-33(30-19-12-9-13-20-30)51-41(50)35-32-22-23-42(52-32)36(35)39(48)45(31(26-46)29-17-10-8-11-18-29)38(42)40(49)44(24-6-2)37-27(3)15-14-16-28(37)4/h5-6,8-20,31-33,35-36,38,46H,1-2,7,21-26H2,3-4H3,(H,43,47)/t31-,32-,33+,35+,36+,38-,42+/m1/s1. The van der Waals surface area contributed by atoms with Crippen molar-refractivity contribution in [2.24, 2.45) is 11.8 Å². The number of para-hydroxylation sites is 1.